The van der Waals surface area contributed by atoms with Crippen LogP contribution in [0.15, 0.2) is 35.6 Å². The molecule has 27 heavy (non-hydrogen) atoms. The van der Waals surface area contributed by atoms with Crippen molar-refractivity contribution in [1.29, 1.82) is 0 Å². The molecule has 9 heteroatoms. The molecule has 1 unspecified atom stereocenters. The number of fused-ring (bicyclic) bond motifs is 1. The second-order valence-corrected chi connectivity index (χ2v) is 7.11. The zero-order valence-corrected chi connectivity index (χ0v) is 15.5. The molecule has 144 valence electrons. The summed E-state index contributed by atoms with van der Waals surface area (Å²) in [5.41, 5.74) is 1.60. The number of benzene rings is 1. The standard InChI is InChI=1S/C18H25BN4O4/c1-12(11-23-8-6-14(20-2)7-9-23)21-16-10-13-4-3-5-15(18(24)25)17(13)27-19(16)22-26/h3-5,14,16,20-21H,1,6-11H2,2H3,(H,24,25). The molecule has 0 spiro atoms. The molecule has 1 aromatic carbocycles. The summed E-state index contributed by atoms with van der Waals surface area (Å²) >= 11 is 0. The first-order chi connectivity index (χ1) is 13.0. The molecule has 0 saturated carbocycles. The van der Waals surface area contributed by atoms with Gasteiger partial charge in [-0.2, -0.15) is 4.91 Å². The first-order valence-corrected chi connectivity index (χ1v) is 9.20. The van der Waals surface area contributed by atoms with Crippen LogP contribution in [0.4, 0.5) is 0 Å². The van der Waals surface area contributed by atoms with Crippen LogP contribution in [0.5, 0.6) is 5.75 Å². The summed E-state index contributed by atoms with van der Waals surface area (Å²) in [5, 5.41) is 18.9. The number of hydrogen-bond donors (Lipinski definition) is 3. The number of para-hydroxylation sites is 1. The van der Waals surface area contributed by atoms with Crippen molar-refractivity contribution in [2.24, 2.45) is 5.09 Å². The van der Waals surface area contributed by atoms with Gasteiger partial charge in [-0.15, -0.1) is 0 Å². The monoisotopic (exact) mass is 372 g/mol. The van der Waals surface area contributed by atoms with Crippen LogP contribution in [-0.2, 0) is 6.42 Å². The van der Waals surface area contributed by atoms with Crippen LogP contribution in [0.2, 0.25) is 0 Å². The minimum Gasteiger partial charge on any atom is -0.536 e. The Balaban J connectivity index is 1.63. The third-order valence-electron chi connectivity index (χ3n) is 5.25. The molecule has 0 radical (unpaired) electrons. The summed E-state index contributed by atoms with van der Waals surface area (Å²) in [7, 11) is 0.995. The van der Waals surface area contributed by atoms with Crippen molar-refractivity contribution >= 4 is 13.0 Å². The van der Waals surface area contributed by atoms with Crippen LogP contribution in [0.3, 0.4) is 0 Å². The van der Waals surface area contributed by atoms with E-state index in [4.69, 9.17) is 4.65 Å². The van der Waals surface area contributed by atoms with Crippen LogP contribution in [0.25, 0.3) is 0 Å². The van der Waals surface area contributed by atoms with E-state index in [9.17, 15) is 14.8 Å². The van der Waals surface area contributed by atoms with Crippen LogP contribution in [0.1, 0.15) is 28.8 Å². The SMILES string of the molecule is C=C(CN1CCC(NC)CC1)NC1Cc2cccc(C(=O)O)c2OB1N=O. The second kappa shape index (κ2) is 8.54. The predicted octanol–water partition coefficient (Wildman–Crippen LogP) is 1.27. The highest BCUT2D eigenvalue weighted by atomic mass is 16.5. The van der Waals surface area contributed by atoms with Gasteiger partial charge >= 0.3 is 13.0 Å². The quantitative estimate of drug-likeness (QED) is 0.489. The molecule has 1 saturated heterocycles. The Morgan fingerprint density at radius 1 is 1.44 bits per heavy atom. The number of likely N-dealkylation sites (tertiary alicyclic amines) is 1. The topological polar surface area (TPSA) is 103 Å². The molecule has 1 atom stereocenters. The van der Waals surface area contributed by atoms with Gasteiger partial charge in [0.25, 0.3) is 0 Å². The molecule has 1 aromatic rings. The molecule has 2 aliphatic heterocycles. The lowest BCUT2D eigenvalue weighted by atomic mass is 9.68. The lowest BCUT2D eigenvalue weighted by molar-refractivity contribution is 0.0694. The molecular weight excluding hydrogens is 347 g/mol. The van der Waals surface area contributed by atoms with E-state index < -0.39 is 13.0 Å². The van der Waals surface area contributed by atoms with Crippen LogP contribution in [0, 0.1) is 4.91 Å². The van der Waals surface area contributed by atoms with Gasteiger partial charge in [0.2, 0.25) is 0 Å². The van der Waals surface area contributed by atoms with Crippen LogP contribution >= 0.6 is 0 Å². The maximum absolute atomic E-state index is 11.4. The molecule has 2 heterocycles. The maximum Gasteiger partial charge on any atom is 0.570 e. The number of carbonyl (C=O) groups is 1. The Kier molecular flexibility index (Phi) is 6.13. The summed E-state index contributed by atoms with van der Waals surface area (Å²) in [6.45, 7) is 6.77. The Hall–Kier alpha value is -2.39. The molecular formula is C18H25BN4O4. The van der Waals surface area contributed by atoms with E-state index in [2.05, 4.69) is 27.2 Å². The zero-order chi connectivity index (χ0) is 19.4. The van der Waals surface area contributed by atoms with Gasteiger partial charge in [-0.3, -0.25) is 4.90 Å². The molecule has 0 aromatic heterocycles. The highest BCUT2D eigenvalue weighted by Crippen LogP contribution is 2.31. The lowest BCUT2D eigenvalue weighted by Gasteiger charge is -2.34. The van der Waals surface area contributed by atoms with E-state index in [0.29, 0.717) is 19.0 Å². The van der Waals surface area contributed by atoms with Crippen LogP contribution < -0.4 is 15.3 Å². The number of nitrogens with zero attached hydrogens (tertiary/aromatic N) is 2. The van der Waals surface area contributed by atoms with Gasteiger partial charge in [0.15, 0.2) is 0 Å². The summed E-state index contributed by atoms with van der Waals surface area (Å²) < 4.78 is 5.62. The molecule has 3 rings (SSSR count). The highest BCUT2D eigenvalue weighted by molar-refractivity contribution is 6.53. The number of rotatable bonds is 7. The first-order valence-electron chi connectivity index (χ1n) is 9.20. The largest absolute Gasteiger partial charge is 0.570 e. The molecule has 3 N–H and O–H groups in total. The predicted molar refractivity (Wildman–Crippen MR) is 104 cm³/mol. The first kappa shape index (κ1) is 19.4. The molecule has 0 amide bonds. The molecule has 8 nitrogen and oxygen atoms in total. The van der Waals surface area contributed by atoms with Gasteiger partial charge in [0.1, 0.15) is 5.75 Å². The van der Waals surface area contributed by atoms with Gasteiger partial charge in [0, 0.05) is 31.4 Å². The Bertz CT molecular complexity index is 721. The average molecular weight is 372 g/mol. The van der Waals surface area contributed by atoms with Crippen molar-refractivity contribution in [2.45, 2.75) is 31.2 Å². The molecule has 1 fully saturated rings. The number of nitroso groups, excluding NO2 is 1. The van der Waals surface area contributed by atoms with Crippen molar-refractivity contribution in [3.63, 3.8) is 0 Å². The van der Waals surface area contributed by atoms with E-state index in [0.717, 1.165) is 37.2 Å². The maximum atomic E-state index is 11.4. The average Bonchev–Trinajstić information content (AvgIpc) is 2.67. The summed E-state index contributed by atoms with van der Waals surface area (Å²) in [4.78, 5) is 25.0. The Morgan fingerprint density at radius 3 is 2.81 bits per heavy atom. The van der Waals surface area contributed by atoms with Gasteiger partial charge in [-0.05, 0) is 37.9 Å². The fraction of sp³-hybridized carbons (Fsp3) is 0.500. The Labute approximate surface area is 159 Å². The number of piperidine rings is 1. The van der Waals surface area contributed by atoms with Crippen molar-refractivity contribution < 1.29 is 14.6 Å². The van der Waals surface area contributed by atoms with Crippen molar-refractivity contribution in [1.82, 2.24) is 15.5 Å². The minimum atomic E-state index is -1.09. The number of carboxylic acid groups (broad SMARTS) is 1. The van der Waals surface area contributed by atoms with E-state index in [1.165, 1.54) is 6.07 Å². The van der Waals surface area contributed by atoms with Crippen LogP contribution in [-0.4, -0.2) is 61.7 Å². The molecule has 2 aliphatic rings. The Morgan fingerprint density at radius 2 is 2.19 bits per heavy atom. The third-order valence-corrected chi connectivity index (χ3v) is 5.25. The summed E-state index contributed by atoms with van der Waals surface area (Å²) in [6, 6.07) is 5.52. The smallest absolute Gasteiger partial charge is 0.536 e. The van der Waals surface area contributed by atoms with Crippen molar-refractivity contribution in [3.8, 4) is 5.75 Å². The fourth-order valence-electron chi connectivity index (χ4n) is 3.77. The second-order valence-electron chi connectivity index (χ2n) is 7.11. The van der Waals surface area contributed by atoms with Gasteiger partial charge < -0.3 is 20.4 Å². The van der Waals surface area contributed by atoms with E-state index in [1.807, 2.05) is 13.1 Å². The lowest BCUT2D eigenvalue weighted by Crippen LogP contribution is -2.51. The molecule has 0 aliphatic carbocycles. The minimum absolute atomic E-state index is 0.0471. The van der Waals surface area contributed by atoms with E-state index in [-0.39, 0.29) is 17.3 Å². The summed E-state index contributed by atoms with van der Waals surface area (Å²) in [6.07, 6.45) is 2.65. The molecule has 0 bridgehead atoms. The van der Waals surface area contributed by atoms with Crippen molar-refractivity contribution in [2.75, 3.05) is 26.7 Å². The fourth-order valence-corrected chi connectivity index (χ4v) is 3.77. The van der Waals surface area contributed by atoms with Gasteiger partial charge in [-0.1, -0.05) is 23.8 Å². The number of carboxylic acids is 1. The zero-order valence-electron chi connectivity index (χ0n) is 15.5. The van der Waals surface area contributed by atoms with Gasteiger partial charge in [-0.25, -0.2) is 4.79 Å². The number of hydrogen-bond acceptors (Lipinski definition) is 7. The van der Waals surface area contributed by atoms with Gasteiger partial charge in [0.05, 0.1) is 11.5 Å². The van der Waals surface area contributed by atoms with Crippen molar-refractivity contribution in [3.05, 3.63) is 46.5 Å². The van der Waals surface area contributed by atoms with E-state index >= 15 is 0 Å². The highest BCUT2D eigenvalue weighted by Gasteiger charge is 2.39. The summed E-state index contributed by atoms with van der Waals surface area (Å²) in [5.74, 6) is -1.23. The third kappa shape index (κ3) is 4.48. The normalized spacial score (nSPS) is 20.5. The van der Waals surface area contributed by atoms with E-state index in [1.54, 1.807) is 6.07 Å². The number of nitrogens with one attached hydrogen (secondary N) is 2. The number of aromatic carboxylic acids is 1.